The van der Waals surface area contributed by atoms with Gasteiger partial charge in [-0.3, -0.25) is 9.69 Å². The first kappa shape index (κ1) is 15.8. The van der Waals surface area contributed by atoms with Crippen LogP contribution in [-0.4, -0.2) is 53.0 Å². The zero-order chi connectivity index (χ0) is 14.7. The smallest absolute Gasteiger partial charge is 0.239 e. The van der Waals surface area contributed by atoms with Gasteiger partial charge < -0.3 is 10.6 Å². The molecule has 2 N–H and O–H groups in total. The maximum Gasteiger partial charge on any atom is 0.239 e. The van der Waals surface area contributed by atoms with Crippen LogP contribution in [-0.2, 0) is 4.79 Å². The Morgan fingerprint density at radius 3 is 2.45 bits per heavy atom. The summed E-state index contributed by atoms with van der Waals surface area (Å²) in [5.74, 6) is 0.323. The first-order valence-electron chi connectivity index (χ1n) is 8.34. The summed E-state index contributed by atoms with van der Waals surface area (Å²) in [6.45, 7) is 8.19. The standard InChI is InChI=1S/C16H31N3O/c1-12-7-8-13(2)19(12)14(3)16(20)18-11-5-4-6-15(18)9-10-17/h12-15H,4-11,17H2,1-3H3. The van der Waals surface area contributed by atoms with Crippen molar-refractivity contribution in [2.24, 2.45) is 5.73 Å². The van der Waals surface area contributed by atoms with E-state index < -0.39 is 0 Å². The average Bonchev–Trinajstić information content (AvgIpc) is 2.78. The maximum atomic E-state index is 12.9. The first-order valence-corrected chi connectivity index (χ1v) is 8.34. The van der Waals surface area contributed by atoms with Gasteiger partial charge in [0.1, 0.15) is 0 Å². The molecule has 0 bridgehead atoms. The Hall–Kier alpha value is -0.610. The lowest BCUT2D eigenvalue weighted by molar-refractivity contribution is -0.141. The highest BCUT2D eigenvalue weighted by atomic mass is 16.2. The molecular weight excluding hydrogens is 250 g/mol. The SMILES string of the molecule is CC1CCC(C)N1C(C)C(=O)N1CCCCC1CCN. The van der Waals surface area contributed by atoms with Crippen molar-refractivity contribution in [3.8, 4) is 0 Å². The van der Waals surface area contributed by atoms with Crippen molar-refractivity contribution in [2.75, 3.05) is 13.1 Å². The second-order valence-corrected chi connectivity index (χ2v) is 6.66. The third-order valence-corrected chi connectivity index (χ3v) is 5.23. The lowest BCUT2D eigenvalue weighted by Gasteiger charge is -2.40. The fraction of sp³-hybridized carbons (Fsp3) is 0.938. The molecule has 2 saturated heterocycles. The minimum absolute atomic E-state index is 0.0147. The third kappa shape index (κ3) is 3.17. The molecule has 0 aromatic rings. The van der Waals surface area contributed by atoms with Crippen LogP contribution in [0.25, 0.3) is 0 Å². The lowest BCUT2D eigenvalue weighted by Crippen LogP contribution is -2.54. The summed E-state index contributed by atoms with van der Waals surface area (Å²) in [6, 6.07) is 1.45. The van der Waals surface area contributed by atoms with Gasteiger partial charge in [0.2, 0.25) is 5.91 Å². The Balaban J connectivity index is 2.04. The molecule has 20 heavy (non-hydrogen) atoms. The number of hydrogen-bond donors (Lipinski definition) is 1. The van der Waals surface area contributed by atoms with E-state index in [4.69, 9.17) is 5.73 Å². The van der Waals surface area contributed by atoms with Crippen LogP contribution in [0.2, 0.25) is 0 Å². The van der Waals surface area contributed by atoms with Gasteiger partial charge in [-0.2, -0.15) is 0 Å². The van der Waals surface area contributed by atoms with E-state index in [1.54, 1.807) is 0 Å². The van der Waals surface area contributed by atoms with Gasteiger partial charge in [-0.25, -0.2) is 0 Å². The van der Waals surface area contributed by atoms with E-state index >= 15 is 0 Å². The molecule has 0 aromatic heterocycles. The molecule has 2 heterocycles. The highest BCUT2D eigenvalue weighted by Crippen LogP contribution is 2.28. The summed E-state index contributed by atoms with van der Waals surface area (Å²) in [4.78, 5) is 17.4. The minimum atomic E-state index is 0.0147. The molecule has 0 aromatic carbocycles. The van der Waals surface area contributed by atoms with Crippen LogP contribution < -0.4 is 5.73 Å². The first-order chi connectivity index (χ1) is 9.56. The molecule has 4 unspecified atom stereocenters. The molecule has 2 fully saturated rings. The van der Waals surface area contributed by atoms with Crippen LogP contribution in [0, 0.1) is 0 Å². The number of rotatable bonds is 4. The number of carbonyl (C=O) groups excluding carboxylic acids is 1. The van der Waals surface area contributed by atoms with Crippen molar-refractivity contribution in [3.63, 3.8) is 0 Å². The van der Waals surface area contributed by atoms with Crippen molar-refractivity contribution in [3.05, 3.63) is 0 Å². The van der Waals surface area contributed by atoms with Crippen molar-refractivity contribution in [1.29, 1.82) is 0 Å². The number of hydrogen-bond acceptors (Lipinski definition) is 3. The Bertz CT molecular complexity index is 322. The summed E-state index contributed by atoms with van der Waals surface area (Å²) in [5, 5.41) is 0. The molecule has 116 valence electrons. The fourth-order valence-electron chi connectivity index (χ4n) is 4.13. The van der Waals surface area contributed by atoms with Gasteiger partial charge in [-0.05, 0) is 65.8 Å². The Kier molecular flexibility index (Phi) is 5.44. The molecule has 4 atom stereocenters. The van der Waals surface area contributed by atoms with Gasteiger partial charge in [0, 0.05) is 24.7 Å². The second kappa shape index (κ2) is 6.90. The van der Waals surface area contributed by atoms with Crippen molar-refractivity contribution in [1.82, 2.24) is 9.80 Å². The van der Waals surface area contributed by atoms with E-state index in [0.717, 1.165) is 25.8 Å². The van der Waals surface area contributed by atoms with E-state index in [0.29, 0.717) is 30.6 Å². The molecular formula is C16H31N3O. The van der Waals surface area contributed by atoms with E-state index in [1.807, 2.05) is 0 Å². The van der Waals surface area contributed by atoms with Crippen LogP contribution >= 0.6 is 0 Å². The quantitative estimate of drug-likeness (QED) is 0.857. The molecule has 2 aliphatic heterocycles. The van der Waals surface area contributed by atoms with Crippen LogP contribution in [0.1, 0.15) is 59.3 Å². The van der Waals surface area contributed by atoms with Crippen LogP contribution in [0.3, 0.4) is 0 Å². The normalized spacial score (nSPS) is 33.4. The van der Waals surface area contributed by atoms with Gasteiger partial charge in [-0.15, -0.1) is 0 Å². The van der Waals surface area contributed by atoms with Crippen molar-refractivity contribution >= 4 is 5.91 Å². The summed E-state index contributed by atoms with van der Waals surface area (Å²) >= 11 is 0. The number of nitrogens with zero attached hydrogens (tertiary/aromatic N) is 2. The molecule has 0 aliphatic carbocycles. The average molecular weight is 281 g/mol. The van der Waals surface area contributed by atoms with Crippen LogP contribution in [0.5, 0.6) is 0 Å². The van der Waals surface area contributed by atoms with Gasteiger partial charge >= 0.3 is 0 Å². The van der Waals surface area contributed by atoms with E-state index in [9.17, 15) is 4.79 Å². The number of nitrogens with two attached hydrogens (primary N) is 1. The monoisotopic (exact) mass is 281 g/mol. The molecule has 0 radical (unpaired) electrons. The van der Waals surface area contributed by atoms with Gasteiger partial charge in [-0.1, -0.05) is 0 Å². The van der Waals surface area contributed by atoms with E-state index in [2.05, 4.69) is 30.6 Å². The number of amides is 1. The molecule has 0 saturated carbocycles. The van der Waals surface area contributed by atoms with Crippen molar-refractivity contribution < 1.29 is 4.79 Å². The molecule has 2 aliphatic rings. The maximum absolute atomic E-state index is 12.9. The summed E-state index contributed by atoms with van der Waals surface area (Å²) in [6.07, 6.45) is 6.88. The predicted molar refractivity (Wildman–Crippen MR) is 82.5 cm³/mol. The number of piperidine rings is 1. The molecule has 2 rings (SSSR count). The zero-order valence-corrected chi connectivity index (χ0v) is 13.3. The Labute approximate surface area is 123 Å². The van der Waals surface area contributed by atoms with Gasteiger partial charge in [0.05, 0.1) is 6.04 Å². The molecule has 1 amide bonds. The predicted octanol–water partition coefficient (Wildman–Crippen LogP) is 1.98. The minimum Gasteiger partial charge on any atom is -0.338 e. The third-order valence-electron chi connectivity index (χ3n) is 5.23. The number of likely N-dealkylation sites (tertiary alicyclic amines) is 2. The lowest BCUT2D eigenvalue weighted by atomic mass is 9.98. The largest absolute Gasteiger partial charge is 0.338 e. The summed E-state index contributed by atoms with van der Waals surface area (Å²) in [7, 11) is 0. The highest BCUT2D eigenvalue weighted by molar-refractivity contribution is 5.82. The second-order valence-electron chi connectivity index (χ2n) is 6.66. The van der Waals surface area contributed by atoms with Crippen molar-refractivity contribution in [2.45, 2.75) is 83.5 Å². The molecule has 4 heteroatoms. The fourth-order valence-corrected chi connectivity index (χ4v) is 4.13. The number of carbonyl (C=O) groups is 1. The van der Waals surface area contributed by atoms with Crippen LogP contribution in [0.15, 0.2) is 0 Å². The van der Waals surface area contributed by atoms with Gasteiger partial charge in [0.25, 0.3) is 0 Å². The zero-order valence-electron chi connectivity index (χ0n) is 13.3. The summed E-state index contributed by atoms with van der Waals surface area (Å²) < 4.78 is 0. The molecule has 4 nitrogen and oxygen atoms in total. The van der Waals surface area contributed by atoms with Gasteiger partial charge in [0.15, 0.2) is 0 Å². The molecule has 0 spiro atoms. The summed E-state index contributed by atoms with van der Waals surface area (Å²) in [5.41, 5.74) is 5.72. The van der Waals surface area contributed by atoms with E-state index in [1.165, 1.54) is 19.3 Å². The Morgan fingerprint density at radius 2 is 1.85 bits per heavy atom. The highest BCUT2D eigenvalue weighted by Gasteiger charge is 2.37. The van der Waals surface area contributed by atoms with Crippen LogP contribution in [0.4, 0.5) is 0 Å². The Morgan fingerprint density at radius 1 is 1.20 bits per heavy atom. The van der Waals surface area contributed by atoms with E-state index in [-0.39, 0.29) is 6.04 Å². The topological polar surface area (TPSA) is 49.6 Å².